The smallest absolute Gasteiger partial charge is 0.0930 e. The number of nitrogen functional groups attached to an aromatic ring is 1. The minimum Gasteiger partial charge on any atom is -0.324 e. The second-order valence-corrected chi connectivity index (χ2v) is 2.15. The molecule has 0 radical (unpaired) electrons. The Morgan fingerprint density at radius 2 is 1.91 bits per heavy atom. The van der Waals surface area contributed by atoms with Crippen molar-refractivity contribution in [3.05, 3.63) is 29.8 Å². The number of anilines is 1. The first-order chi connectivity index (χ1) is 5.36. The predicted molar refractivity (Wildman–Crippen MR) is 43.2 cm³/mol. The molecule has 11 heavy (non-hydrogen) atoms. The van der Waals surface area contributed by atoms with Gasteiger partial charge in [0.25, 0.3) is 0 Å². The first-order valence-electron chi connectivity index (χ1n) is 3.24. The SMILES string of the molecule is NNc1ccc(CON)cc1. The molecule has 0 unspecified atom stereocenters. The Morgan fingerprint density at radius 1 is 1.27 bits per heavy atom. The zero-order valence-corrected chi connectivity index (χ0v) is 6.08. The van der Waals surface area contributed by atoms with Gasteiger partial charge in [0, 0.05) is 5.69 Å². The quantitative estimate of drug-likeness (QED) is 0.433. The monoisotopic (exact) mass is 153 g/mol. The van der Waals surface area contributed by atoms with Crippen molar-refractivity contribution in [2.75, 3.05) is 5.43 Å². The van der Waals surface area contributed by atoms with Gasteiger partial charge in [0.05, 0.1) is 6.61 Å². The molecule has 60 valence electrons. The fourth-order valence-corrected chi connectivity index (χ4v) is 0.793. The van der Waals surface area contributed by atoms with Crippen LogP contribution in [0.15, 0.2) is 24.3 Å². The molecule has 1 aromatic carbocycles. The van der Waals surface area contributed by atoms with Gasteiger partial charge >= 0.3 is 0 Å². The van der Waals surface area contributed by atoms with Gasteiger partial charge in [0.2, 0.25) is 0 Å². The maximum atomic E-state index is 5.17. The van der Waals surface area contributed by atoms with Crippen LogP contribution in [0.5, 0.6) is 0 Å². The molecule has 0 heterocycles. The highest BCUT2D eigenvalue weighted by Crippen LogP contribution is 2.07. The first-order valence-corrected chi connectivity index (χ1v) is 3.24. The molecule has 1 aromatic rings. The van der Waals surface area contributed by atoms with Crippen molar-refractivity contribution >= 4 is 5.69 Å². The molecule has 1 rings (SSSR count). The minimum atomic E-state index is 0.421. The fourth-order valence-electron chi connectivity index (χ4n) is 0.793. The normalized spacial score (nSPS) is 9.64. The highest BCUT2D eigenvalue weighted by molar-refractivity contribution is 5.42. The lowest BCUT2D eigenvalue weighted by Crippen LogP contribution is -2.06. The van der Waals surface area contributed by atoms with Crippen LogP contribution in [0.1, 0.15) is 5.56 Å². The molecular formula is C7H11N3O. The van der Waals surface area contributed by atoms with Crippen LogP contribution >= 0.6 is 0 Å². The molecule has 0 spiro atoms. The Balaban J connectivity index is 2.66. The van der Waals surface area contributed by atoms with Crippen molar-refractivity contribution in [1.29, 1.82) is 0 Å². The van der Waals surface area contributed by atoms with Crippen LogP contribution in [0.3, 0.4) is 0 Å². The van der Waals surface area contributed by atoms with Crippen LogP contribution in [0, 0.1) is 0 Å². The molecule has 0 atom stereocenters. The summed E-state index contributed by atoms with van der Waals surface area (Å²) in [5.41, 5.74) is 4.41. The molecule has 4 nitrogen and oxygen atoms in total. The molecule has 4 heteroatoms. The second-order valence-electron chi connectivity index (χ2n) is 2.15. The number of benzene rings is 1. The standard InChI is InChI=1S/C7H11N3O/c8-10-7-3-1-6(2-4-7)5-11-9/h1-4,10H,5,8-9H2. The Bertz CT molecular complexity index is 209. The van der Waals surface area contributed by atoms with Crippen LogP contribution in [-0.2, 0) is 11.4 Å². The summed E-state index contributed by atoms with van der Waals surface area (Å²) >= 11 is 0. The van der Waals surface area contributed by atoms with Crippen molar-refractivity contribution in [3.63, 3.8) is 0 Å². The van der Waals surface area contributed by atoms with Gasteiger partial charge in [-0.1, -0.05) is 12.1 Å². The summed E-state index contributed by atoms with van der Waals surface area (Å²) in [6.45, 7) is 0.421. The summed E-state index contributed by atoms with van der Waals surface area (Å²) in [5.74, 6) is 10.1. The van der Waals surface area contributed by atoms with Gasteiger partial charge in [0.15, 0.2) is 0 Å². The third-order valence-electron chi connectivity index (χ3n) is 1.37. The lowest BCUT2D eigenvalue weighted by atomic mass is 10.2. The summed E-state index contributed by atoms with van der Waals surface area (Å²) < 4.78 is 0. The average molecular weight is 153 g/mol. The second kappa shape index (κ2) is 3.92. The zero-order chi connectivity index (χ0) is 8.10. The van der Waals surface area contributed by atoms with Gasteiger partial charge in [-0.25, -0.2) is 5.90 Å². The summed E-state index contributed by atoms with van der Waals surface area (Å²) in [5, 5.41) is 0. The van der Waals surface area contributed by atoms with Gasteiger partial charge in [-0.15, -0.1) is 0 Å². The molecule has 0 fully saturated rings. The lowest BCUT2D eigenvalue weighted by molar-refractivity contribution is 0.124. The third kappa shape index (κ3) is 2.19. The first kappa shape index (κ1) is 8.00. The number of nitrogens with one attached hydrogen (secondary N) is 1. The van der Waals surface area contributed by atoms with Crippen LogP contribution in [0.2, 0.25) is 0 Å². The van der Waals surface area contributed by atoms with Gasteiger partial charge in [-0.3, -0.25) is 10.7 Å². The van der Waals surface area contributed by atoms with E-state index in [-0.39, 0.29) is 0 Å². The minimum absolute atomic E-state index is 0.421. The van der Waals surface area contributed by atoms with Gasteiger partial charge < -0.3 is 5.43 Å². The number of hydrazine groups is 1. The van der Waals surface area contributed by atoms with E-state index >= 15 is 0 Å². The summed E-state index contributed by atoms with van der Waals surface area (Å²) in [6, 6.07) is 7.49. The van der Waals surface area contributed by atoms with Crippen LogP contribution in [-0.4, -0.2) is 0 Å². The average Bonchev–Trinajstić information content (AvgIpc) is 2.07. The number of nitrogens with two attached hydrogens (primary N) is 2. The Morgan fingerprint density at radius 3 is 2.36 bits per heavy atom. The Kier molecular flexibility index (Phi) is 2.85. The predicted octanol–water partition coefficient (Wildman–Crippen LogP) is 0.362. The van der Waals surface area contributed by atoms with Crippen molar-refractivity contribution in [1.82, 2.24) is 0 Å². The van der Waals surface area contributed by atoms with E-state index in [0.717, 1.165) is 11.3 Å². The number of rotatable bonds is 3. The van der Waals surface area contributed by atoms with Crippen molar-refractivity contribution in [3.8, 4) is 0 Å². The van der Waals surface area contributed by atoms with Gasteiger partial charge in [0.1, 0.15) is 0 Å². The third-order valence-corrected chi connectivity index (χ3v) is 1.37. The molecule has 0 saturated carbocycles. The fraction of sp³-hybridized carbons (Fsp3) is 0.143. The molecule has 0 bridgehead atoms. The van der Waals surface area contributed by atoms with E-state index in [1.165, 1.54) is 0 Å². The van der Waals surface area contributed by atoms with Crippen LogP contribution in [0.25, 0.3) is 0 Å². The van der Waals surface area contributed by atoms with Crippen molar-refractivity contribution < 1.29 is 4.84 Å². The molecule has 0 amide bonds. The highest BCUT2D eigenvalue weighted by Gasteiger charge is 1.91. The highest BCUT2D eigenvalue weighted by atomic mass is 16.6. The summed E-state index contributed by atoms with van der Waals surface area (Å²) in [7, 11) is 0. The maximum absolute atomic E-state index is 5.17. The molecule has 0 aromatic heterocycles. The Labute approximate surface area is 65.1 Å². The van der Waals surface area contributed by atoms with Gasteiger partial charge in [-0.2, -0.15) is 0 Å². The van der Waals surface area contributed by atoms with E-state index in [1.807, 2.05) is 24.3 Å². The topological polar surface area (TPSA) is 73.3 Å². The summed E-state index contributed by atoms with van der Waals surface area (Å²) in [4.78, 5) is 4.45. The molecule has 0 aliphatic carbocycles. The Hall–Kier alpha value is -1.10. The van der Waals surface area contributed by atoms with Crippen molar-refractivity contribution in [2.24, 2.45) is 11.7 Å². The van der Waals surface area contributed by atoms with Crippen LogP contribution < -0.4 is 17.2 Å². The molecule has 0 aliphatic heterocycles. The largest absolute Gasteiger partial charge is 0.324 e. The molecular weight excluding hydrogens is 142 g/mol. The van der Waals surface area contributed by atoms with E-state index in [0.29, 0.717) is 6.61 Å². The molecule has 0 saturated heterocycles. The van der Waals surface area contributed by atoms with E-state index < -0.39 is 0 Å². The lowest BCUT2D eigenvalue weighted by Gasteiger charge is -2.01. The number of hydrogen-bond donors (Lipinski definition) is 3. The zero-order valence-electron chi connectivity index (χ0n) is 6.08. The van der Waals surface area contributed by atoms with Gasteiger partial charge in [-0.05, 0) is 17.7 Å². The summed E-state index contributed by atoms with van der Waals surface area (Å²) in [6.07, 6.45) is 0. The number of hydrogen-bond acceptors (Lipinski definition) is 4. The maximum Gasteiger partial charge on any atom is 0.0930 e. The van der Waals surface area contributed by atoms with Crippen molar-refractivity contribution in [2.45, 2.75) is 6.61 Å². The molecule has 0 aliphatic rings. The van der Waals surface area contributed by atoms with E-state index in [4.69, 9.17) is 11.7 Å². The molecule has 5 N–H and O–H groups in total. The van der Waals surface area contributed by atoms with E-state index in [2.05, 4.69) is 10.3 Å². The van der Waals surface area contributed by atoms with E-state index in [1.54, 1.807) is 0 Å². The van der Waals surface area contributed by atoms with Crippen LogP contribution in [0.4, 0.5) is 5.69 Å². The van der Waals surface area contributed by atoms with E-state index in [9.17, 15) is 0 Å².